The van der Waals surface area contributed by atoms with Crippen LogP contribution in [0.4, 0.5) is 0 Å². The molecule has 6 fully saturated rings. The Labute approximate surface area is 291 Å². The van der Waals surface area contributed by atoms with E-state index in [2.05, 4.69) is 0 Å². The van der Waals surface area contributed by atoms with E-state index in [-0.39, 0.29) is 18.4 Å². The zero-order valence-corrected chi connectivity index (χ0v) is 29.3. The topological polar surface area (TPSA) is 213 Å². The van der Waals surface area contributed by atoms with Crippen molar-refractivity contribution in [3.8, 4) is 0 Å². The fraction of sp³-hybridized carbons (Fsp3) is 0.686. The number of methoxy groups -OCH3 is 1. The third kappa shape index (κ3) is 3.47. The van der Waals surface area contributed by atoms with Gasteiger partial charge >= 0.3 is 29.8 Å². The van der Waals surface area contributed by atoms with Crippen molar-refractivity contribution in [2.45, 2.75) is 120 Å². The summed E-state index contributed by atoms with van der Waals surface area (Å²) in [4.78, 5) is 66.0. The summed E-state index contributed by atoms with van der Waals surface area (Å²) in [5, 5.41) is 26.7. The number of aliphatic hydroxyl groups is 2. The van der Waals surface area contributed by atoms with Crippen LogP contribution >= 0.6 is 0 Å². The predicted molar refractivity (Wildman–Crippen MR) is 162 cm³/mol. The molecule has 16 heteroatoms. The van der Waals surface area contributed by atoms with Gasteiger partial charge < -0.3 is 52.5 Å². The first kappa shape index (κ1) is 34.3. The third-order valence-corrected chi connectivity index (χ3v) is 13.4. The lowest BCUT2D eigenvalue weighted by molar-refractivity contribution is -0.449. The van der Waals surface area contributed by atoms with Crippen molar-refractivity contribution in [2.24, 2.45) is 22.2 Å². The van der Waals surface area contributed by atoms with Gasteiger partial charge in [0.1, 0.15) is 35.6 Å². The molecule has 2 N–H and O–H groups in total. The summed E-state index contributed by atoms with van der Waals surface area (Å²) in [6.07, 6.45) is -3.89. The maximum Gasteiger partial charge on any atom is 0.347 e. The van der Waals surface area contributed by atoms with Crippen LogP contribution in [0.25, 0.3) is 0 Å². The summed E-state index contributed by atoms with van der Waals surface area (Å²) in [7, 11) is 1.10. The monoisotopic (exact) mass is 716 g/mol. The second kappa shape index (κ2) is 9.77. The van der Waals surface area contributed by atoms with Gasteiger partial charge in [-0.2, -0.15) is 0 Å². The van der Waals surface area contributed by atoms with Gasteiger partial charge in [0.25, 0.3) is 5.97 Å². The van der Waals surface area contributed by atoms with E-state index in [9.17, 15) is 34.2 Å². The van der Waals surface area contributed by atoms with Gasteiger partial charge in [-0.05, 0) is 25.0 Å². The lowest BCUT2D eigenvalue weighted by Gasteiger charge is -2.76. The summed E-state index contributed by atoms with van der Waals surface area (Å²) >= 11 is 0. The Morgan fingerprint density at radius 3 is 2.25 bits per heavy atom. The van der Waals surface area contributed by atoms with E-state index in [1.165, 1.54) is 32.4 Å². The number of furan rings is 1. The maximum absolute atomic E-state index is 13.8. The highest BCUT2D eigenvalue weighted by molar-refractivity contribution is 5.86. The summed E-state index contributed by atoms with van der Waals surface area (Å²) in [6.45, 7) is 9.79. The molecule has 1 unspecified atom stereocenters. The molecule has 0 radical (unpaired) electrons. The molecular formula is C35H40O16. The minimum absolute atomic E-state index is 0.140. The van der Waals surface area contributed by atoms with E-state index in [0.29, 0.717) is 5.56 Å². The zero-order chi connectivity index (χ0) is 37.1. The fourth-order valence-corrected chi connectivity index (χ4v) is 12.1. The van der Waals surface area contributed by atoms with Gasteiger partial charge in [0.05, 0.1) is 25.1 Å². The van der Waals surface area contributed by atoms with Gasteiger partial charge in [-0.25, -0.2) is 9.59 Å². The van der Waals surface area contributed by atoms with Gasteiger partial charge in [-0.15, -0.1) is 0 Å². The number of rotatable bonds is 6. The average molecular weight is 717 g/mol. The van der Waals surface area contributed by atoms with Gasteiger partial charge in [-0.3, -0.25) is 14.4 Å². The van der Waals surface area contributed by atoms with Crippen molar-refractivity contribution in [1.29, 1.82) is 0 Å². The van der Waals surface area contributed by atoms with E-state index in [0.717, 1.165) is 21.0 Å². The second-order valence-corrected chi connectivity index (χ2v) is 15.7. The number of carbonyl (C=O) groups excluding carboxylic acids is 5. The van der Waals surface area contributed by atoms with Gasteiger partial charge in [-0.1, -0.05) is 13.8 Å². The Balaban J connectivity index is 1.49. The van der Waals surface area contributed by atoms with Crippen LogP contribution in [0.15, 0.2) is 34.7 Å². The highest BCUT2D eigenvalue weighted by Gasteiger charge is 3.03. The minimum atomic E-state index is -2.51. The molecule has 1 aromatic rings. The van der Waals surface area contributed by atoms with E-state index < -0.39 is 111 Å². The second-order valence-electron chi connectivity index (χ2n) is 15.7. The Morgan fingerprint density at radius 1 is 0.980 bits per heavy atom. The van der Waals surface area contributed by atoms with Crippen molar-refractivity contribution < 1.29 is 76.5 Å². The van der Waals surface area contributed by atoms with Crippen LogP contribution in [0.2, 0.25) is 0 Å². The first-order valence-corrected chi connectivity index (χ1v) is 16.7. The van der Waals surface area contributed by atoms with Crippen LogP contribution < -0.4 is 0 Å². The SMILES string of the molecule is COC(=O)[C@H](OC(C)=O)[C@H]1[C@@]2(C)C[C@]3(O)[C@@](O)([C@H]4OC5(C)O[C@@]6(C[C@H](OC(C)=O)[C@]7(C)C(=CC(=O)O[C@H]7c7ccoc7)[C@@]46O5)[C@]13C)[C@H]2OC(C)=O. The zero-order valence-electron chi connectivity index (χ0n) is 29.3. The molecule has 4 bridgehead atoms. The van der Waals surface area contributed by atoms with Crippen LogP contribution in [-0.2, 0) is 61.9 Å². The number of hydrogen-bond acceptors (Lipinski definition) is 16. The molecule has 14 atom stereocenters. The number of ether oxygens (including phenoxy) is 8. The predicted octanol–water partition coefficient (Wildman–Crippen LogP) is 1.30. The van der Waals surface area contributed by atoms with Crippen LogP contribution in [0.5, 0.6) is 0 Å². The van der Waals surface area contributed by atoms with Crippen molar-refractivity contribution in [1.82, 2.24) is 0 Å². The molecule has 2 saturated heterocycles. The van der Waals surface area contributed by atoms with Crippen LogP contribution in [-0.4, -0.2) is 100.0 Å². The molecule has 8 rings (SSSR count). The lowest BCUT2D eigenvalue weighted by atomic mass is 9.34. The molecule has 4 aliphatic carbocycles. The van der Waals surface area contributed by atoms with Crippen molar-refractivity contribution >= 4 is 29.8 Å². The van der Waals surface area contributed by atoms with Crippen molar-refractivity contribution in [3.05, 3.63) is 35.8 Å². The van der Waals surface area contributed by atoms with Gasteiger partial charge in [0.2, 0.25) is 6.10 Å². The van der Waals surface area contributed by atoms with E-state index >= 15 is 0 Å². The standard InChI is InChI=1S/C35H40O16/c1-15(36)45-20-12-33-30(6)23(22(25(40)43-8)46-16(2)37)28(4)14-32(30,41)34(42,26(28)47-17(3)38)27-35(33,51-31(7,49-27)50-33)19-11-21(39)48-24(29(19,20)5)18-9-10-44-13-18/h9-11,13,20,22-24,26-27,41-42H,12,14H2,1-8H3/t20-,22+,23-,24-,26-,27+,28+,29-,30+,31?,32+,33-,34-,35+/m0/s1. The number of cyclic esters (lactones) is 1. The molecule has 16 nitrogen and oxygen atoms in total. The van der Waals surface area contributed by atoms with Gasteiger partial charge in [0, 0.05) is 62.5 Å². The summed E-state index contributed by atoms with van der Waals surface area (Å²) < 4.78 is 54.5. The maximum atomic E-state index is 13.8. The number of hydrogen-bond donors (Lipinski definition) is 2. The van der Waals surface area contributed by atoms with E-state index in [4.69, 9.17) is 42.3 Å². The highest BCUT2D eigenvalue weighted by atomic mass is 16.9. The molecule has 1 aromatic heterocycles. The normalized spacial score (nSPS) is 50.0. The number of carbonyl (C=O) groups is 5. The Bertz CT molecular complexity index is 1820. The van der Waals surface area contributed by atoms with Crippen LogP contribution in [0, 0.1) is 22.2 Å². The molecule has 4 saturated carbocycles. The van der Waals surface area contributed by atoms with E-state index in [1.54, 1.807) is 26.8 Å². The summed E-state index contributed by atoms with van der Waals surface area (Å²) in [5.41, 5.74) is -13.2. The third-order valence-electron chi connectivity index (χ3n) is 13.4. The molecular weight excluding hydrogens is 676 g/mol. The smallest absolute Gasteiger partial charge is 0.347 e. The molecule has 0 aromatic carbocycles. The quantitative estimate of drug-likeness (QED) is 0.314. The molecule has 276 valence electrons. The first-order chi connectivity index (χ1) is 23.7. The number of fused-ring (bicyclic) bond motifs is 4. The molecule has 4 heterocycles. The molecule has 7 aliphatic rings. The summed E-state index contributed by atoms with van der Waals surface area (Å²) in [6, 6.07) is 1.59. The number of esters is 5. The minimum Gasteiger partial charge on any atom is -0.472 e. The van der Waals surface area contributed by atoms with Gasteiger partial charge in [0.15, 0.2) is 11.2 Å². The van der Waals surface area contributed by atoms with Crippen LogP contribution in [0.1, 0.15) is 73.0 Å². The molecule has 51 heavy (non-hydrogen) atoms. The first-order valence-electron chi connectivity index (χ1n) is 16.7. The molecule has 0 amide bonds. The Kier molecular flexibility index (Phi) is 6.57. The largest absolute Gasteiger partial charge is 0.472 e. The summed E-state index contributed by atoms with van der Waals surface area (Å²) in [5.74, 6) is -7.48. The fourth-order valence-electron chi connectivity index (χ4n) is 12.1. The van der Waals surface area contributed by atoms with Crippen molar-refractivity contribution in [3.63, 3.8) is 0 Å². The Morgan fingerprint density at radius 2 is 1.67 bits per heavy atom. The lowest BCUT2D eigenvalue weighted by Crippen LogP contribution is -2.93. The average Bonchev–Trinajstić information content (AvgIpc) is 3.79. The Hall–Kier alpha value is -3.83. The van der Waals surface area contributed by atoms with E-state index in [1.807, 2.05) is 0 Å². The van der Waals surface area contributed by atoms with Crippen molar-refractivity contribution in [2.75, 3.05) is 7.11 Å². The highest BCUT2D eigenvalue weighted by Crippen LogP contribution is 2.88. The molecule has 1 spiro atoms. The van der Waals surface area contributed by atoms with Crippen LogP contribution in [0.3, 0.4) is 0 Å². The molecule has 3 aliphatic heterocycles.